The average molecular weight is 253 g/mol. The zero-order valence-electron chi connectivity index (χ0n) is 8.31. The summed E-state index contributed by atoms with van der Waals surface area (Å²) < 4.78 is 27.9. The molecule has 0 fully saturated rings. The highest BCUT2D eigenvalue weighted by Crippen LogP contribution is 2.22. The highest BCUT2D eigenvalue weighted by atomic mass is 35.7. The van der Waals surface area contributed by atoms with Crippen LogP contribution >= 0.6 is 10.7 Å². The number of carbonyl (C=O) groups excluding carboxylic acids is 1. The molecule has 0 saturated heterocycles. The number of methoxy groups -OCH3 is 1. The summed E-state index contributed by atoms with van der Waals surface area (Å²) in [6.07, 6.45) is 0. The van der Waals surface area contributed by atoms with Crippen LogP contribution in [0.5, 0.6) is 0 Å². The van der Waals surface area contributed by atoms with Gasteiger partial charge in [0.25, 0.3) is 9.05 Å². The van der Waals surface area contributed by atoms with E-state index in [0.29, 0.717) is 0 Å². The van der Waals surface area contributed by atoms with Crippen LogP contribution in [-0.4, -0.2) is 31.3 Å². The molecule has 0 aromatic carbocycles. The lowest BCUT2D eigenvalue weighted by Crippen LogP contribution is -2.09. The summed E-state index contributed by atoms with van der Waals surface area (Å²) in [6.45, 7) is 1.50. The van der Waals surface area contributed by atoms with Crippen molar-refractivity contribution in [1.82, 2.24) is 9.78 Å². The minimum absolute atomic E-state index is 0.130. The molecule has 0 aliphatic carbocycles. The van der Waals surface area contributed by atoms with Crippen LogP contribution in [0.2, 0.25) is 0 Å². The van der Waals surface area contributed by atoms with E-state index in [-0.39, 0.29) is 16.3 Å². The van der Waals surface area contributed by atoms with Crippen LogP contribution < -0.4 is 0 Å². The molecule has 0 saturated carbocycles. The van der Waals surface area contributed by atoms with Crippen LogP contribution in [0.25, 0.3) is 0 Å². The summed E-state index contributed by atoms with van der Waals surface area (Å²) in [4.78, 5) is 11.3. The van der Waals surface area contributed by atoms with Gasteiger partial charge in [0.1, 0.15) is 5.56 Å². The lowest BCUT2D eigenvalue weighted by molar-refractivity contribution is 0.0595. The highest BCUT2D eigenvalue weighted by molar-refractivity contribution is 8.13. The maximum absolute atomic E-state index is 11.3. The fourth-order valence-electron chi connectivity index (χ4n) is 1.25. The third kappa shape index (κ3) is 2.13. The zero-order chi connectivity index (χ0) is 11.8. The minimum Gasteiger partial charge on any atom is -0.465 e. The molecule has 0 radical (unpaired) electrons. The van der Waals surface area contributed by atoms with E-state index in [9.17, 15) is 13.2 Å². The number of esters is 1. The first kappa shape index (κ1) is 12.0. The number of nitrogens with zero attached hydrogens (tertiary/aromatic N) is 2. The van der Waals surface area contributed by atoms with Gasteiger partial charge in [-0.3, -0.25) is 4.68 Å². The molecule has 1 heterocycles. The third-order valence-electron chi connectivity index (χ3n) is 1.79. The van der Waals surface area contributed by atoms with E-state index in [1.165, 1.54) is 14.0 Å². The van der Waals surface area contributed by atoms with Gasteiger partial charge in [-0.25, -0.2) is 13.2 Å². The maximum Gasteiger partial charge on any atom is 0.342 e. The first-order valence-corrected chi connectivity index (χ1v) is 6.16. The first-order chi connectivity index (χ1) is 6.79. The van der Waals surface area contributed by atoms with Crippen molar-refractivity contribution < 1.29 is 17.9 Å². The van der Waals surface area contributed by atoms with Gasteiger partial charge in [-0.2, -0.15) is 5.10 Å². The van der Waals surface area contributed by atoms with Gasteiger partial charge in [-0.15, -0.1) is 0 Å². The third-order valence-corrected chi connectivity index (χ3v) is 3.16. The summed E-state index contributed by atoms with van der Waals surface area (Å²) in [5.74, 6) is -0.778. The number of aryl methyl sites for hydroxylation is 2. The number of rotatable bonds is 2. The van der Waals surface area contributed by atoms with E-state index in [0.717, 1.165) is 11.8 Å². The summed E-state index contributed by atoms with van der Waals surface area (Å²) in [5, 5.41) is 3.45. The van der Waals surface area contributed by atoms with Crippen LogP contribution in [0.4, 0.5) is 0 Å². The first-order valence-electron chi connectivity index (χ1n) is 3.85. The van der Waals surface area contributed by atoms with E-state index in [1.807, 2.05) is 0 Å². The molecule has 0 bridgehead atoms. The number of halogens is 1. The largest absolute Gasteiger partial charge is 0.465 e. The second kappa shape index (κ2) is 3.82. The molecule has 0 N–H and O–H groups in total. The number of aromatic nitrogens is 2. The van der Waals surface area contributed by atoms with Crippen molar-refractivity contribution >= 4 is 25.7 Å². The Kier molecular flexibility index (Phi) is 3.05. The van der Waals surface area contributed by atoms with E-state index < -0.39 is 15.0 Å². The van der Waals surface area contributed by atoms with Gasteiger partial charge < -0.3 is 4.74 Å². The van der Waals surface area contributed by atoms with Gasteiger partial charge in [-0.05, 0) is 6.92 Å². The van der Waals surface area contributed by atoms with Crippen molar-refractivity contribution in [2.45, 2.75) is 11.9 Å². The average Bonchev–Trinajstić information content (AvgIpc) is 2.38. The van der Waals surface area contributed by atoms with Crippen molar-refractivity contribution in [3.63, 3.8) is 0 Å². The molecule has 0 aliphatic heterocycles. The van der Waals surface area contributed by atoms with Crippen LogP contribution in [0.1, 0.15) is 16.1 Å². The van der Waals surface area contributed by atoms with Crippen molar-refractivity contribution in [2.75, 3.05) is 7.11 Å². The Morgan fingerprint density at radius 2 is 2.07 bits per heavy atom. The molecule has 0 atom stereocenters. The Balaban J connectivity index is 3.58. The molecular weight excluding hydrogens is 244 g/mol. The number of ether oxygens (including phenoxy) is 1. The zero-order valence-corrected chi connectivity index (χ0v) is 9.89. The summed E-state index contributed by atoms with van der Waals surface area (Å²) in [7, 11) is 3.70. The van der Waals surface area contributed by atoms with Crippen molar-refractivity contribution in [3.8, 4) is 0 Å². The van der Waals surface area contributed by atoms with E-state index >= 15 is 0 Å². The highest BCUT2D eigenvalue weighted by Gasteiger charge is 2.28. The molecule has 84 valence electrons. The number of hydrogen-bond donors (Lipinski definition) is 0. The van der Waals surface area contributed by atoms with Gasteiger partial charge in [0.05, 0.1) is 12.8 Å². The standard InChI is InChI=1S/C7H9ClN2O4S/c1-4-5(7(11)14-3)6(10(2)9-4)15(8,12)13/h1-3H3. The van der Waals surface area contributed by atoms with E-state index in [4.69, 9.17) is 10.7 Å². The summed E-state index contributed by atoms with van der Waals surface area (Å²) >= 11 is 0. The molecule has 6 nitrogen and oxygen atoms in total. The van der Waals surface area contributed by atoms with E-state index in [1.54, 1.807) is 0 Å². The lowest BCUT2D eigenvalue weighted by Gasteiger charge is -2.00. The summed E-state index contributed by atoms with van der Waals surface area (Å²) in [6, 6.07) is 0. The van der Waals surface area contributed by atoms with Gasteiger partial charge in [0.2, 0.25) is 0 Å². The maximum atomic E-state index is 11.3. The predicted molar refractivity (Wildman–Crippen MR) is 52.3 cm³/mol. The SMILES string of the molecule is COC(=O)c1c(C)nn(C)c1S(=O)(=O)Cl. The van der Waals surface area contributed by atoms with Crippen LogP contribution in [-0.2, 0) is 20.8 Å². The van der Waals surface area contributed by atoms with Gasteiger partial charge in [0.15, 0.2) is 5.03 Å². The molecule has 15 heavy (non-hydrogen) atoms. The molecule has 0 spiro atoms. The molecule has 0 aliphatic rings. The monoisotopic (exact) mass is 252 g/mol. The number of hydrogen-bond acceptors (Lipinski definition) is 5. The van der Waals surface area contributed by atoms with Gasteiger partial charge in [0, 0.05) is 17.7 Å². The van der Waals surface area contributed by atoms with Crippen molar-refractivity contribution in [2.24, 2.45) is 7.05 Å². The Morgan fingerprint density at radius 3 is 2.47 bits per heavy atom. The second-order valence-electron chi connectivity index (χ2n) is 2.82. The molecular formula is C7H9ClN2O4S. The fourth-order valence-corrected chi connectivity index (χ4v) is 2.62. The topological polar surface area (TPSA) is 78.3 Å². The quantitative estimate of drug-likeness (QED) is 0.564. The smallest absolute Gasteiger partial charge is 0.342 e. The summed E-state index contributed by atoms with van der Waals surface area (Å²) in [5.41, 5.74) is 0.124. The van der Waals surface area contributed by atoms with Gasteiger partial charge >= 0.3 is 5.97 Å². The molecule has 0 amide bonds. The van der Waals surface area contributed by atoms with Crippen molar-refractivity contribution in [1.29, 1.82) is 0 Å². The number of carbonyl (C=O) groups is 1. The van der Waals surface area contributed by atoms with Crippen LogP contribution in [0.3, 0.4) is 0 Å². The molecule has 0 unspecified atom stereocenters. The van der Waals surface area contributed by atoms with Crippen LogP contribution in [0.15, 0.2) is 5.03 Å². The minimum atomic E-state index is -4.03. The Hall–Kier alpha value is -1.08. The van der Waals surface area contributed by atoms with E-state index in [2.05, 4.69) is 9.84 Å². The Morgan fingerprint density at radius 1 is 1.53 bits per heavy atom. The normalized spacial score (nSPS) is 11.5. The Labute approximate surface area is 91.2 Å². The van der Waals surface area contributed by atoms with Gasteiger partial charge in [-0.1, -0.05) is 0 Å². The van der Waals surface area contributed by atoms with Crippen LogP contribution in [0, 0.1) is 6.92 Å². The fraction of sp³-hybridized carbons (Fsp3) is 0.429. The predicted octanol–water partition coefficient (Wildman–Crippen LogP) is 0.443. The second-order valence-corrected chi connectivity index (χ2v) is 5.30. The van der Waals surface area contributed by atoms with Crippen molar-refractivity contribution in [3.05, 3.63) is 11.3 Å². The molecule has 1 rings (SSSR count). The molecule has 1 aromatic rings. The Bertz CT molecular complexity index is 505. The lowest BCUT2D eigenvalue weighted by atomic mass is 10.3. The molecule has 1 aromatic heterocycles. The molecule has 8 heteroatoms.